The van der Waals surface area contributed by atoms with Gasteiger partial charge in [0.1, 0.15) is 8.96 Å². The van der Waals surface area contributed by atoms with Gasteiger partial charge in [-0.25, -0.2) is 0 Å². The second-order valence-corrected chi connectivity index (χ2v) is 8.08. The van der Waals surface area contributed by atoms with E-state index in [1.807, 2.05) is 0 Å². The lowest BCUT2D eigenvalue weighted by Crippen LogP contribution is -2.42. The van der Waals surface area contributed by atoms with Crippen molar-refractivity contribution >= 4 is 8.96 Å². The maximum atomic E-state index is 2.64. The first-order valence-electron chi connectivity index (χ1n) is 4.67. The molecule has 0 radical (unpaired) electrons. The van der Waals surface area contributed by atoms with Crippen molar-refractivity contribution in [1.82, 2.24) is 4.57 Å². The molecule has 1 nitrogen and oxygen atoms in total. The normalized spacial score (nSPS) is 15.5. The van der Waals surface area contributed by atoms with Crippen molar-refractivity contribution in [3.63, 3.8) is 0 Å². The first kappa shape index (κ1) is 11.2. The number of nitrogens with zero attached hydrogens (tertiary/aromatic N) is 1. The highest BCUT2D eigenvalue weighted by Crippen LogP contribution is 2.28. The van der Waals surface area contributed by atoms with Gasteiger partial charge in [-0.3, -0.25) is 0 Å². The summed E-state index contributed by atoms with van der Waals surface area (Å²) in [6.07, 6.45) is 0. The molecule has 11 heavy (non-hydrogen) atoms. The summed E-state index contributed by atoms with van der Waals surface area (Å²) in [6, 6.07) is 0. The molecule has 0 bridgehead atoms. The topological polar surface area (TPSA) is 3.24 Å². The third-order valence-electron chi connectivity index (χ3n) is 2.61. The van der Waals surface area contributed by atoms with E-state index in [-0.39, 0.29) is 0 Å². The third kappa shape index (κ3) is 3.39. The Kier molecular flexibility index (Phi) is 4.33. The van der Waals surface area contributed by atoms with Crippen LogP contribution in [0.5, 0.6) is 0 Å². The molecule has 1 unspecified atom stereocenters. The predicted octanol–water partition coefficient (Wildman–Crippen LogP) is 2.48. The van der Waals surface area contributed by atoms with Crippen molar-refractivity contribution in [2.24, 2.45) is 0 Å². The van der Waals surface area contributed by atoms with Crippen LogP contribution in [0.4, 0.5) is 0 Å². The van der Waals surface area contributed by atoms with Crippen molar-refractivity contribution in [2.45, 2.75) is 46.2 Å². The molecule has 0 N–H and O–H groups in total. The molecule has 68 valence electrons. The molecule has 0 aromatic carbocycles. The summed E-state index contributed by atoms with van der Waals surface area (Å²) < 4.78 is 2.64. The average Bonchev–Trinajstić information content (AvgIpc) is 1.88. The van der Waals surface area contributed by atoms with E-state index in [4.69, 9.17) is 0 Å². The van der Waals surface area contributed by atoms with Crippen LogP contribution in [0, 0.1) is 0 Å². The molecule has 0 aliphatic carbocycles. The minimum absolute atomic E-state index is 0.548. The van der Waals surface area contributed by atoms with E-state index in [1.165, 1.54) is 13.1 Å². The molecular formula is C9H23NSi. The lowest BCUT2D eigenvalue weighted by molar-refractivity contribution is 0.455. The minimum Gasteiger partial charge on any atom is -0.326 e. The Morgan fingerprint density at radius 3 is 1.55 bits per heavy atom. The molecule has 0 heterocycles. The van der Waals surface area contributed by atoms with Gasteiger partial charge in [0.25, 0.3) is 0 Å². The highest BCUT2D eigenvalue weighted by molar-refractivity contribution is 6.57. The summed E-state index contributed by atoms with van der Waals surface area (Å²) in [5, 5.41) is 0.548. The van der Waals surface area contributed by atoms with Crippen molar-refractivity contribution in [3.05, 3.63) is 0 Å². The smallest absolute Gasteiger partial charge is 0.114 e. The highest BCUT2D eigenvalue weighted by Gasteiger charge is 2.25. The van der Waals surface area contributed by atoms with E-state index in [0.717, 1.165) is 0 Å². The molecule has 0 aromatic heterocycles. The summed E-state index contributed by atoms with van der Waals surface area (Å²) in [4.78, 5) is 0. The van der Waals surface area contributed by atoms with Crippen molar-refractivity contribution in [3.8, 4) is 0 Å². The van der Waals surface area contributed by atoms with Crippen LogP contribution in [0.15, 0.2) is 0 Å². The second kappa shape index (κ2) is 4.26. The van der Waals surface area contributed by atoms with Gasteiger partial charge in [-0.15, -0.1) is 0 Å². The van der Waals surface area contributed by atoms with Gasteiger partial charge in [-0.2, -0.15) is 0 Å². The van der Waals surface area contributed by atoms with E-state index < -0.39 is 8.96 Å². The monoisotopic (exact) mass is 173 g/mol. The van der Waals surface area contributed by atoms with Crippen LogP contribution in [0.2, 0.25) is 11.6 Å². The first-order chi connectivity index (χ1) is 4.93. The van der Waals surface area contributed by atoms with E-state index in [0.29, 0.717) is 5.04 Å². The van der Waals surface area contributed by atoms with Gasteiger partial charge >= 0.3 is 0 Å². The zero-order valence-electron chi connectivity index (χ0n) is 8.94. The van der Waals surface area contributed by atoms with Gasteiger partial charge in [-0.1, -0.05) is 41.2 Å². The Balaban J connectivity index is 4.09. The third-order valence-corrected chi connectivity index (χ3v) is 6.95. The highest BCUT2D eigenvalue weighted by atomic mass is 28.3. The van der Waals surface area contributed by atoms with Crippen molar-refractivity contribution < 1.29 is 0 Å². The van der Waals surface area contributed by atoms with Gasteiger partial charge in [0, 0.05) is 0 Å². The lowest BCUT2D eigenvalue weighted by Gasteiger charge is -2.35. The van der Waals surface area contributed by atoms with Crippen LogP contribution in [-0.2, 0) is 0 Å². The van der Waals surface area contributed by atoms with Crippen molar-refractivity contribution in [1.29, 1.82) is 0 Å². The molecule has 0 fully saturated rings. The molecule has 0 aliphatic heterocycles. The van der Waals surface area contributed by atoms with Gasteiger partial charge in [0.2, 0.25) is 0 Å². The zero-order chi connectivity index (χ0) is 9.07. The molecule has 0 aliphatic rings. The minimum atomic E-state index is -0.672. The van der Waals surface area contributed by atoms with E-state index in [1.54, 1.807) is 0 Å². The summed E-state index contributed by atoms with van der Waals surface area (Å²) in [5.41, 5.74) is 0. The van der Waals surface area contributed by atoms with E-state index >= 15 is 0 Å². The van der Waals surface area contributed by atoms with Gasteiger partial charge in [0.05, 0.1) is 0 Å². The van der Waals surface area contributed by atoms with Crippen LogP contribution in [0.25, 0.3) is 0 Å². The Labute approximate surface area is 73.5 Å². The van der Waals surface area contributed by atoms with Gasteiger partial charge in [-0.05, 0) is 18.1 Å². The first-order valence-corrected chi connectivity index (χ1v) is 6.92. The molecule has 0 saturated heterocycles. The number of hydrogen-bond acceptors (Lipinski definition) is 1. The second-order valence-electron chi connectivity index (χ2n) is 4.26. The number of rotatable bonds is 3. The molecule has 1 atom stereocenters. The zero-order valence-corrected chi connectivity index (χ0v) is 10.1. The van der Waals surface area contributed by atoms with Gasteiger partial charge in [0.15, 0.2) is 0 Å². The SMILES string of the molecule is CCN(CC)[SiH](C)C(C)(C)C. The molecule has 0 saturated carbocycles. The van der Waals surface area contributed by atoms with Crippen LogP contribution >= 0.6 is 0 Å². The Hall–Kier alpha value is 0.177. The fourth-order valence-corrected chi connectivity index (χ4v) is 3.51. The summed E-state index contributed by atoms with van der Waals surface area (Å²) in [5.74, 6) is 0. The van der Waals surface area contributed by atoms with Crippen LogP contribution in [0.3, 0.4) is 0 Å². The van der Waals surface area contributed by atoms with Gasteiger partial charge < -0.3 is 4.57 Å². The molecule has 0 aromatic rings. The molecule has 0 spiro atoms. The standard InChI is InChI=1S/C9H23NSi/c1-7-10(8-2)11(6)9(3,4)5/h11H,7-8H2,1-6H3. The largest absolute Gasteiger partial charge is 0.326 e. The Bertz CT molecular complexity index is 103. The Morgan fingerprint density at radius 1 is 1.09 bits per heavy atom. The lowest BCUT2D eigenvalue weighted by atomic mass is 10.2. The maximum Gasteiger partial charge on any atom is 0.114 e. The quantitative estimate of drug-likeness (QED) is 0.593. The van der Waals surface area contributed by atoms with Crippen LogP contribution in [0.1, 0.15) is 34.6 Å². The Morgan fingerprint density at radius 2 is 1.45 bits per heavy atom. The average molecular weight is 173 g/mol. The van der Waals surface area contributed by atoms with E-state index in [9.17, 15) is 0 Å². The fraction of sp³-hybridized carbons (Fsp3) is 1.00. The molecule has 0 rings (SSSR count). The van der Waals surface area contributed by atoms with Crippen molar-refractivity contribution in [2.75, 3.05) is 13.1 Å². The summed E-state index contributed by atoms with van der Waals surface area (Å²) in [7, 11) is -0.672. The maximum absolute atomic E-state index is 2.64. The predicted molar refractivity (Wildman–Crippen MR) is 55.6 cm³/mol. The number of hydrogen-bond donors (Lipinski definition) is 0. The fourth-order valence-electron chi connectivity index (χ4n) is 1.32. The van der Waals surface area contributed by atoms with Crippen LogP contribution in [-0.4, -0.2) is 26.6 Å². The summed E-state index contributed by atoms with van der Waals surface area (Å²) >= 11 is 0. The summed E-state index contributed by atoms with van der Waals surface area (Å²) in [6.45, 7) is 16.5. The van der Waals surface area contributed by atoms with Crippen LogP contribution < -0.4 is 0 Å². The molecule has 0 amide bonds. The molecular weight excluding hydrogens is 150 g/mol. The van der Waals surface area contributed by atoms with E-state index in [2.05, 4.69) is 45.7 Å². The molecule has 2 heteroatoms.